The molecular weight excluding hydrogens is 432 g/mol. The number of carbonyl (C=O) groups is 2. The summed E-state index contributed by atoms with van der Waals surface area (Å²) >= 11 is 7.18. The lowest BCUT2D eigenvalue weighted by Gasteiger charge is -2.15. The molecule has 2 heterocycles. The summed E-state index contributed by atoms with van der Waals surface area (Å²) in [5, 5.41) is 4.02. The van der Waals surface area contributed by atoms with E-state index in [4.69, 9.17) is 11.6 Å². The number of rotatable bonds is 6. The third-order valence-corrected chi connectivity index (χ3v) is 5.74. The van der Waals surface area contributed by atoms with Crippen molar-refractivity contribution in [3.8, 4) is 0 Å². The topological polar surface area (TPSA) is 75.2 Å². The molecule has 1 N–H and O–H groups in total. The van der Waals surface area contributed by atoms with E-state index in [1.165, 1.54) is 4.90 Å². The van der Waals surface area contributed by atoms with Gasteiger partial charge in [-0.1, -0.05) is 48.0 Å². The zero-order valence-electron chi connectivity index (χ0n) is 16.9. The van der Waals surface area contributed by atoms with Crippen molar-refractivity contribution in [1.29, 1.82) is 0 Å². The number of hydrogen-bond acceptors (Lipinski definition) is 6. The van der Waals surface area contributed by atoms with Crippen LogP contribution in [0.1, 0.15) is 17.0 Å². The second-order valence-electron chi connectivity index (χ2n) is 7.06. The fraction of sp³-hybridized carbons (Fsp3) is 0.130. The van der Waals surface area contributed by atoms with Crippen LogP contribution in [0.2, 0.25) is 5.02 Å². The van der Waals surface area contributed by atoms with Crippen LogP contribution < -0.4 is 5.32 Å². The van der Waals surface area contributed by atoms with Gasteiger partial charge in [-0.2, -0.15) is 0 Å². The Balaban J connectivity index is 1.70. The molecule has 8 heteroatoms. The van der Waals surface area contributed by atoms with Gasteiger partial charge in [0.1, 0.15) is 10.6 Å². The van der Waals surface area contributed by atoms with Gasteiger partial charge >= 0.3 is 0 Å². The molecule has 2 aromatic carbocycles. The lowest BCUT2D eigenvalue weighted by atomic mass is 10.2. The number of nitrogens with zero attached hydrogens (tertiary/aromatic N) is 3. The Morgan fingerprint density at radius 2 is 1.65 bits per heavy atom. The zero-order chi connectivity index (χ0) is 22.0. The number of aryl methyl sites for hydroxylation is 2. The summed E-state index contributed by atoms with van der Waals surface area (Å²) in [6, 6.07) is 18.2. The summed E-state index contributed by atoms with van der Waals surface area (Å²) in [4.78, 5) is 36.8. The molecule has 6 nitrogen and oxygen atoms in total. The van der Waals surface area contributed by atoms with Crippen LogP contribution in [0.4, 0.5) is 5.69 Å². The molecule has 0 saturated carbocycles. The summed E-state index contributed by atoms with van der Waals surface area (Å²) in [6.07, 6.45) is 0. The zero-order valence-corrected chi connectivity index (χ0v) is 18.5. The number of aromatic nitrogens is 2. The molecule has 0 saturated heterocycles. The predicted octanol–water partition coefficient (Wildman–Crippen LogP) is 4.73. The van der Waals surface area contributed by atoms with Crippen molar-refractivity contribution in [2.45, 2.75) is 25.5 Å². The van der Waals surface area contributed by atoms with Crippen LogP contribution >= 0.6 is 23.4 Å². The SMILES string of the molecule is Cc1cc(C)nc(SC2=C(Nc3cccc(Cl)c3)C(=O)N(Cc3ccccc3)C2=O)n1. The highest BCUT2D eigenvalue weighted by Gasteiger charge is 2.39. The van der Waals surface area contributed by atoms with Crippen molar-refractivity contribution in [3.05, 3.63) is 93.2 Å². The number of amides is 2. The molecule has 0 atom stereocenters. The van der Waals surface area contributed by atoms with E-state index in [1.807, 2.05) is 50.2 Å². The molecule has 2 amide bonds. The van der Waals surface area contributed by atoms with E-state index in [9.17, 15) is 9.59 Å². The lowest BCUT2D eigenvalue weighted by molar-refractivity contribution is -0.137. The van der Waals surface area contributed by atoms with Gasteiger partial charge in [-0.15, -0.1) is 0 Å². The van der Waals surface area contributed by atoms with Crippen molar-refractivity contribution >= 4 is 40.9 Å². The lowest BCUT2D eigenvalue weighted by Crippen LogP contribution is -2.31. The molecule has 0 spiro atoms. The van der Waals surface area contributed by atoms with E-state index in [2.05, 4.69) is 15.3 Å². The van der Waals surface area contributed by atoms with Gasteiger partial charge in [0.15, 0.2) is 5.16 Å². The number of nitrogens with one attached hydrogen (secondary N) is 1. The highest BCUT2D eigenvalue weighted by atomic mass is 35.5. The number of hydrogen-bond donors (Lipinski definition) is 1. The first kappa shape index (κ1) is 21.1. The Morgan fingerprint density at radius 1 is 0.935 bits per heavy atom. The van der Waals surface area contributed by atoms with Crippen LogP contribution in [-0.4, -0.2) is 26.7 Å². The molecule has 31 heavy (non-hydrogen) atoms. The molecule has 0 fully saturated rings. The minimum Gasteiger partial charge on any atom is -0.350 e. The Morgan fingerprint density at radius 3 is 2.32 bits per heavy atom. The number of anilines is 1. The highest BCUT2D eigenvalue weighted by Crippen LogP contribution is 2.35. The van der Waals surface area contributed by atoms with E-state index in [1.54, 1.807) is 24.3 Å². The van der Waals surface area contributed by atoms with E-state index in [0.717, 1.165) is 28.7 Å². The van der Waals surface area contributed by atoms with E-state index >= 15 is 0 Å². The third kappa shape index (κ3) is 4.78. The minimum atomic E-state index is -0.402. The highest BCUT2D eigenvalue weighted by molar-refractivity contribution is 8.04. The molecule has 156 valence electrons. The fourth-order valence-electron chi connectivity index (χ4n) is 3.21. The molecular formula is C23H19ClN4O2S. The second-order valence-corrected chi connectivity index (χ2v) is 8.47. The van der Waals surface area contributed by atoms with Gasteiger partial charge < -0.3 is 5.32 Å². The van der Waals surface area contributed by atoms with Crippen LogP contribution in [0.25, 0.3) is 0 Å². The van der Waals surface area contributed by atoms with E-state index in [-0.39, 0.29) is 23.1 Å². The summed E-state index contributed by atoms with van der Waals surface area (Å²) < 4.78 is 0. The van der Waals surface area contributed by atoms with Crippen molar-refractivity contribution in [2.75, 3.05) is 5.32 Å². The van der Waals surface area contributed by atoms with Crippen LogP contribution in [-0.2, 0) is 16.1 Å². The molecule has 3 aromatic rings. The smallest absolute Gasteiger partial charge is 0.278 e. The Labute approximate surface area is 189 Å². The summed E-state index contributed by atoms with van der Waals surface area (Å²) in [6.45, 7) is 3.90. The van der Waals surface area contributed by atoms with Gasteiger partial charge in [0.05, 0.1) is 6.54 Å². The minimum absolute atomic E-state index is 0.178. The van der Waals surface area contributed by atoms with Crippen molar-refractivity contribution in [2.24, 2.45) is 0 Å². The Kier molecular flexibility index (Phi) is 6.06. The number of thioether (sulfide) groups is 1. The van der Waals surface area contributed by atoms with Crippen molar-refractivity contribution in [3.63, 3.8) is 0 Å². The number of imide groups is 1. The maximum Gasteiger partial charge on any atom is 0.278 e. The molecule has 1 aliphatic heterocycles. The van der Waals surface area contributed by atoms with Crippen LogP contribution in [0, 0.1) is 13.8 Å². The standard InChI is InChI=1S/C23H19ClN4O2S/c1-14-11-15(2)26-23(25-14)31-20-19(27-18-10-6-9-17(24)12-18)21(29)28(22(20)30)13-16-7-4-3-5-8-16/h3-12,27H,13H2,1-2H3. The van der Waals surface area contributed by atoms with Crippen molar-refractivity contribution in [1.82, 2.24) is 14.9 Å². The van der Waals surface area contributed by atoms with Crippen LogP contribution in [0.3, 0.4) is 0 Å². The third-order valence-electron chi connectivity index (χ3n) is 4.56. The first-order valence-corrected chi connectivity index (χ1v) is 10.8. The summed E-state index contributed by atoms with van der Waals surface area (Å²) in [7, 11) is 0. The molecule has 1 aromatic heterocycles. The van der Waals surface area contributed by atoms with Gasteiger partial charge in [-0.3, -0.25) is 14.5 Å². The van der Waals surface area contributed by atoms with Crippen LogP contribution in [0.5, 0.6) is 0 Å². The maximum atomic E-state index is 13.3. The Hall–Kier alpha value is -3.16. The largest absolute Gasteiger partial charge is 0.350 e. The van der Waals surface area contributed by atoms with Crippen molar-refractivity contribution < 1.29 is 9.59 Å². The number of benzene rings is 2. The van der Waals surface area contributed by atoms with Gasteiger partial charge in [0.25, 0.3) is 11.8 Å². The summed E-state index contributed by atoms with van der Waals surface area (Å²) in [5.74, 6) is -0.785. The van der Waals surface area contributed by atoms with Crippen LogP contribution in [0.15, 0.2) is 76.4 Å². The predicted molar refractivity (Wildman–Crippen MR) is 121 cm³/mol. The van der Waals surface area contributed by atoms with E-state index in [0.29, 0.717) is 15.9 Å². The average molecular weight is 451 g/mol. The van der Waals surface area contributed by atoms with Gasteiger partial charge in [-0.25, -0.2) is 9.97 Å². The quantitative estimate of drug-likeness (QED) is 0.432. The monoisotopic (exact) mass is 450 g/mol. The number of halogens is 1. The normalized spacial score (nSPS) is 13.8. The van der Waals surface area contributed by atoms with Gasteiger partial charge in [0, 0.05) is 22.1 Å². The van der Waals surface area contributed by atoms with Gasteiger partial charge in [0.2, 0.25) is 0 Å². The second kappa shape index (κ2) is 8.91. The van der Waals surface area contributed by atoms with E-state index < -0.39 is 5.91 Å². The summed E-state index contributed by atoms with van der Waals surface area (Å²) in [5.41, 5.74) is 3.25. The average Bonchev–Trinajstić information content (AvgIpc) is 2.93. The number of carbonyl (C=O) groups excluding carboxylic acids is 2. The molecule has 4 rings (SSSR count). The molecule has 0 unspecified atom stereocenters. The fourth-order valence-corrected chi connectivity index (χ4v) is 4.40. The molecule has 0 radical (unpaired) electrons. The van der Waals surface area contributed by atoms with Gasteiger partial charge in [-0.05, 0) is 55.4 Å². The first-order chi connectivity index (χ1) is 14.9. The molecule has 0 bridgehead atoms. The maximum absolute atomic E-state index is 13.3. The first-order valence-electron chi connectivity index (χ1n) is 9.58. The molecule has 0 aliphatic carbocycles. The molecule has 1 aliphatic rings. The Bertz CT molecular complexity index is 1180.